The first kappa shape index (κ1) is 13.8. The summed E-state index contributed by atoms with van der Waals surface area (Å²) in [5.74, 6) is 0. The van der Waals surface area contributed by atoms with Crippen LogP contribution >= 0.6 is 0 Å². The Hall–Kier alpha value is -1.64. The number of benzene rings is 2. The van der Waals surface area contributed by atoms with Crippen molar-refractivity contribution in [1.29, 1.82) is 0 Å². The van der Waals surface area contributed by atoms with Crippen molar-refractivity contribution in [3.8, 4) is 0 Å². The maximum atomic E-state index is 5.92. The van der Waals surface area contributed by atoms with E-state index in [-0.39, 0.29) is 5.60 Å². The fourth-order valence-electron chi connectivity index (χ4n) is 2.32. The first-order valence-corrected chi connectivity index (χ1v) is 7.36. The monoisotopic (exact) mass is 268 g/mol. The van der Waals surface area contributed by atoms with E-state index < -0.39 is 0 Å². The van der Waals surface area contributed by atoms with E-state index in [1.807, 2.05) is 18.2 Å². The molecule has 0 aromatic heterocycles. The predicted octanol–water partition coefficient (Wildman–Crippen LogP) is 2.69. The molecule has 98 valence electrons. The van der Waals surface area contributed by atoms with Crippen LogP contribution in [-0.4, -0.2) is 16.1 Å². The molecule has 19 heavy (non-hydrogen) atoms. The van der Waals surface area contributed by atoms with E-state index in [0.29, 0.717) is 10.5 Å². The minimum absolute atomic E-state index is 0.283. The van der Waals surface area contributed by atoms with Gasteiger partial charge in [0.25, 0.3) is 0 Å². The van der Waals surface area contributed by atoms with Crippen LogP contribution in [0.3, 0.4) is 0 Å². The molecule has 0 atom stereocenters. The lowest BCUT2D eigenvalue weighted by molar-refractivity contribution is 0.135. The molecule has 2 aromatic carbocycles. The summed E-state index contributed by atoms with van der Waals surface area (Å²) in [5.41, 5.74) is 2.29. The second-order valence-electron chi connectivity index (χ2n) is 4.80. The van der Waals surface area contributed by atoms with Crippen LogP contribution in [0.2, 0.25) is 0 Å². The summed E-state index contributed by atoms with van der Waals surface area (Å²) >= 11 is 0. The standard InChI is InChI=1S/C17H20OSi/c1-2-17(18-19,13-15-9-5-3-6-10-15)14-16-11-7-4-8-12-16/h2-12H,1,13-14H2,19H3. The Morgan fingerprint density at radius 2 is 1.32 bits per heavy atom. The molecule has 0 N–H and O–H groups in total. The molecule has 0 fully saturated rings. The average Bonchev–Trinajstić information content (AvgIpc) is 2.48. The van der Waals surface area contributed by atoms with Crippen LogP contribution in [0.1, 0.15) is 11.1 Å². The Balaban J connectivity index is 2.20. The van der Waals surface area contributed by atoms with Gasteiger partial charge in [-0.1, -0.05) is 66.7 Å². The Morgan fingerprint density at radius 3 is 1.63 bits per heavy atom. The van der Waals surface area contributed by atoms with E-state index >= 15 is 0 Å². The Kier molecular flexibility index (Phi) is 4.72. The molecule has 0 radical (unpaired) electrons. The molecule has 0 aliphatic carbocycles. The van der Waals surface area contributed by atoms with Crippen LogP contribution in [0.25, 0.3) is 0 Å². The lowest BCUT2D eigenvalue weighted by atomic mass is 9.88. The van der Waals surface area contributed by atoms with E-state index in [0.717, 1.165) is 12.8 Å². The fourth-order valence-corrected chi connectivity index (χ4v) is 2.77. The van der Waals surface area contributed by atoms with Gasteiger partial charge in [0.1, 0.15) is 10.5 Å². The first-order valence-electron chi connectivity index (χ1n) is 6.54. The fraction of sp³-hybridized carbons (Fsp3) is 0.176. The summed E-state index contributed by atoms with van der Waals surface area (Å²) in [6.07, 6.45) is 3.70. The van der Waals surface area contributed by atoms with Gasteiger partial charge in [0.2, 0.25) is 0 Å². The van der Waals surface area contributed by atoms with Gasteiger partial charge in [-0.3, -0.25) is 0 Å². The zero-order valence-electron chi connectivity index (χ0n) is 11.4. The third-order valence-corrected chi connectivity index (χ3v) is 4.28. The average molecular weight is 268 g/mol. The molecule has 0 bridgehead atoms. The molecule has 2 rings (SSSR count). The lowest BCUT2D eigenvalue weighted by Crippen LogP contribution is -2.34. The van der Waals surface area contributed by atoms with Crippen LogP contribution in [-0.2, 0) is 17.3 Å². The lowest BCUT2D eigenvalue weighted by Gasteiger charge is -2.30. The zero-order chi connectivity index (χ0) is 13.6. The third-order valence-electron chi connectivity index (χ3n) is 3.47. The maximum Gasteiger partial charge on any atom is 0.147 e. The van der Waals surface area contributed by atoms with Crippen molar-refractivity contribution in [2.45, 2.75) is 18.4 Å². The summed E-state index contributed by atoms with van der Waals surface area (Å²) in [6, 6.07) is 20.9. The maximum absolute atomic E-state index is 5.92. The normalized spacial score (nSPS) is 11.4. The van der Waals surface area contributed by atoms with Crippen LogP contribution in [0.5, 0.6) is 0 Å². The quantitative estimate of drug-likeness (QED) is 0.578. The molecule has 1 nitrogen and oxygen atoms in total. The van der Waals surface area contributed by atoms with Crippen LogP contribution < -0.4 is 0 Å². The van der Waals surface area contributed by atoms with E-state index in [4.69, 9.17) is 4.43 Å². The van der Waals surface area contributed by atoms with Crippen molar-refractivity contribution < 1.29 is 4.43 Å². The number of hydrogen-bond donors (Lipinski definition) is 0. The molecule has 0 aliphatic heterocycles. The molecule has 2 heteroatoms. The summed E-state index contributed by atoms with van der Waals surface area (Å²) in [4.78, 5) is 0. The van der Waals surface area contributed by atoms with Crippen LogP contribution in [0, 0.1) is 0 Å². The van der Waals surface area contributed by atoms with Crippen molar-refractivity contribution in [1.82, 2.24) is 0 Å². The highest BCUT2D eigenvalue weighted by atomic mass is 28.2. The predicted molar refractivity (Wildman–Crippen MR) is 84.2 cm³/mol. The van der Waals surface area contributed by atoms with E-state index in [2.05, 4.69) is 55.1 Å². The van der Waals surface area contributed by atoms with Crippen molar-refractivity contribution >= 4 is 10.5 Å². The van der Waals surface area contributed by atoms with Gasteiger partial charge in [-0.15, -0.1) is 6.58 Å². The molecule has 0 spiro atoms. The summed E-state index contributed by atoms with van der Waals surface area (Å²) in [5, 5.41) is 0. The number of rotatable bonds is 6. The molecule has 0 heterocycles. The van der Waals surface area contributed by atoms with Crippen LogP contribution in [0.15, 0.2) is 73.3 Å². The SMILES string of the molecule is C=CC(Cc1ccccc1)(Cc1ccccc1)O[SiH3]. The Bertz CT molecular complexity index is 466. The van der Waals surface area contributed by atoms with E-state index in [1.165, 1.54) is 11.1 Å². The van der Waals surface area contributed by atoms with Crippen molar-refractivity contribution in [3.63, 3.8) is 0 Å². The summed E-state index contributed by atoms with van der Waals surface area (Å²) < 4.78 is 5.92. The molecular weight excluding hydrogens is 248 g/mol. The van der Waals surface area contributed by atoms with Crippen molar-refractivity contribution in [2.24, 2.45) is 0 Å². The van der Waals surface area contributed by atoms with Gasteiger partial charge in [0.15, 0.2) is 0 Å². The molecule has 0 unspecified atom stereocenters. The second kappa shape index (κ2) is 6.50. The minimum atomic E-state index is -0.283. The van der Waals surface area contributed by atoms with Gasteiger partial charge in [-0.25, -0.2) is 0 Å². The highest BCUT2D eigenvalue weighted by Crippen LogP contribution is 2.23. The Morgan fingerprint density at radius 1 is 0.895 bits per heavy atom. The smallest absolute Gasteiger partial charge is 0.147 e. The molecule has 0 saturated heterocycles. The molecule has 0 amide bonds. The first-order chi connectivity index (χ1) is 9.28. The van der Waals surface area contributed by atoms with Gasteiger partial charge in [0.05, 0.1) is 5.60 Å². The second-order valence-corrected chi connectivity index (χ2v) is 5.21. The molecular formula is C17H20OSi. The van der Waals surface area contributed by atoms with Crippen molar-refractivity contribution in [3.05, 3.63) is 84.4 Å². The minimum Gasteiger partial charge on any atom is -0.418 e. The van der Waals surface area contributed by atoms with Gasteiger partial charge in [-0.2, -0.15) is 0 Å². The highest BCUT2D eigenvalue weighted by Gasteiger charge is 2.26. The van der Waals surface area contributed by atoms with Gasteiger partial charge in [-0.05, 0) is 11.1 Å². The highest BCUT2D eigenvalue weighted by molar-refractivity contribution is 5.98. The van der Waals surface area contributed by atoms with Crippen LogP contribution in [0.4, 0.5) is 0 Å². The Labute approximate surface area is 118 Å². The summed E-state index contributed by atoms with van der Waals surface area (Å²) in [6.45, 7) is 3.99. The van der Waals surface area contributed by atoms with E-state index in [1.54, 1.807) is 0 Å². The van der Waals surface area contributed by atoms with Gasteiger partial charge < -0.3 is 4.43 Å². The van der Waals surface area contributed by atoms with E-state index in [9.17, 15) is 0 Å². The van der Waals surface area contributed by atoms with Gasteiger partial charge in [0, 0.05) is 12.8 Å². The van der Waals surface area contributed by atoms with Crippen molar-refractivity contribution in [2.75, 3.05) is 0 Å². The topological polar surface area (TPSA) is 9.23 Å². The number of hydrogen-bond acceptors (Lipinski definition) is 1. The molecule has 0 aliphatic rings. The summed E-state index contributed by atoms with van der Waals surface area (Å²) in [7, 11) is 0.706. The largest absolute Gasteiger partial charge is 0.418 e. The van der Waals surface area contributed by atoms with Gasteiger partial charge >= 0.3 is 0 Å². The zero-order valence-corrected chi connectivity index (χ0v) is 13.4. The molecule has 0 saturated carbocycles. The third kappa shape index (κ3) is 3.66. The molecule has 2 aromatic rings.